The van der Waals surface area contributed by atoms with Gasteiger partial charge in [0.05, 0.1) is 17.1 Å². The zero-order valence-electron chi connectivity index (χ0n) is 9.95. The van der Waals surface area contributed by atoms with Crippen LogP contribution in [0.3, 0.4) is 0 Å². The summed E-state index contributed by atoms with van der Waals surface area (Å²) in [5, 5.41) is 10.6. The van der Waals surface area contributed by atoms with E-state index in [9.17, 15) is 10.1 Å². The monoisotopic (exact) mass is 249 g/mol. The number of nitro groups is 1. The lowest BCUT2D eigenvalue weighted by Gasteiger charge is -2.21. The first-order valence-electron chi connectivity index (χ1n) is 6.29. The number of non-ortho nitro benzene ring substituents is 1. The van der Waals surface area contributed by atoms with Crippen LogP contribution >= 0.6 is 0 Å². The molecule has 5 heteroatoms. The number of fused-ring (bicyclic) bond motifs is 1. The summed E-state index contributed by atoms with van der Waals surface area (Å²) >= 11 is 0. The largest absolute Gasteiger partial charge is 0.342 e. The summed E-state index contributed by atoms with van der Waals surface area (Å²) in [5.41, 5.74) is 0.948. The second kappa shape index (κ2) is 4.66. The molecule has 0 unspecified atom stereocenters. The standard InChI is InChI=1S/C13H15NO4/c15-14(16)10-7-5-9(6-8-10)13-17-11-3-1-2-4-12(11)18-13/h5-8,11-13H,1-4H2/t11-,12-/m1/s1. The molecule has 0 spiro atoms. The maximum absolute atomic E-state index is 10.6. The number of hydrogen-bond acceptors (Lipinski definition) is 4. The molecule has 1 aliphatic carbocycles. The Labute approximate surface area is 105 Å². The lowest BCUT2D eigenvalue weighted by Crippen LogP contribution is -2.25. The van der Waals surface area contributed by atoms with E-state index >= 15 is 0 Å². The van der Waals surface area contributed by atoms with Gasteiger partial charge in [0.2, 0.25) is 0 Å². The van der Waals surface area contributed by atoms with Crippen LogP contribution < -0.4 is 0 Å². The van der Waals surface area contributed by atoms with Gasteiger partial charge in [-0.15, -0.1) is 0 Å². The second-order valence-corrected chi connectivity index (χ2v) is 4.81. The molecule has 0 bridgehead atoms. The van der Waals surface area contributed by atoms with Crippen molar-refractivity contribution in [3.63, 3.8) is 0 Å². The Kier molecular flexibility index (Phi) is 3.01. The highest BCUT2D eigenvalue weighted by Gasteiger charge is 2.38. The molecule has 96 valence electrons. The Morgan fingerprint density at radius 2 is 1.61 bits per heavy atom. The van der Waals surface area contributed by atoms with Crippen molar-refractivity contribution in [1.29, 1.82) is 0 Å². The predicted octanol–water partition coefficient (Wildman–Crippen LogP) is 2.95. The van der Waals surface area contributed by atoms with Gasteiger partial charge in [0.25, 0.3) is 5.69 Å². The average Bonchev–Trinajstić information content (AvgIpc) is 2.82. The minimum absolute atomic E-state index is 0.0918. The maximum Gasteiger partial charge on any atom is 0.269 e. The van der Waals surface area contributed by atoms with E-state index in [4.69, 9.17) is 9.47 Å². The normalized spacial score (nSPS) is 28.0. The minimum atomic E-state index is -0.403. The molecule has 0 amide bonds. The van der Waals surface area contributed by atoms with Crippen LogP contribution in [0, 0.1) is 10.1 Å². The number of nitrogens with zero attached hydrogens (tertiary/aromatic N) is 1. The molecule has 5 nitrogen and oxygen atoms in total. The Hall–Kier alpha value is -1.46. The lowest BCUT2D eigenvalue weighted by atomic mass is 9.95. The van der Waals surface area contributed by atoms with Crippen LogP contribution in [0.1, 0.15) is 37.5 Å². The van der Waals surface area contributed by atoms with Gasteiger partial charge in [-0.2, -0.15) is 0 Å². The first-order valence-corrected chi connectivity index (χ1v) is 6.29. The fourth-order valence-electron chi connectivity index (χ4n) is 2.63. The molecule has 2 aliphatic rings. The molecule has 1 aliphatic heterocycles. The third-order valence-electron chi connectivity index (χ3n) is 3.61. The molecule has 0 aromatic heterocycles. The van der Waals surface area contributed by atoms with E-state index in [-0.39, 0.29) is 24.2 Å². The molecule has 2 fully saturated rings. The fourth-order valence-corrected chi connectivity index (χ4v) is 2.63. The third-order valence-corrected chi connectivity index (χ3v) is 3.61. The van der Waals surface area contributed by atoms with E-state index in [0.717, 1.165) is 18.4 Å². The van der Waals surface area contributed by atoms with Gasteiger partial charge >= 0.3 is 0 Å². The van der Waals surface area contributed by atoms with Gasteiger partial charge in [0.1, 0.15) is 0 Å². The van der Waals surface area contributed by atoms with Crippen molar-refractivity contribution in [3.8, 4) is 0 Å². The van der Waals surface area contributed by atoms with Crippen LogP contribution in [0.15, 0.2) is 24.3 Å². The molecule has 1 aromatic rings. The van der Waals surface area contributed by atoms with Gasteiger partial charge in [-0.05, 0) is 25.0 Å². The number of ether oxygens (including phenoxy) is 2. The first-order chi connectivity index (χ1) is 8.74. The van der Waals surface area contributed by atoms with E-state index in [1.807, 2.05) is 0 Å². The number of hydrogen-bond donors (Lipinski definition) is 0. The average molecular weight is 249 g/mol. The Morgan fingerprint density at radius 1 is 1.06 bits per heavy atom. The fraction of sp³-hybridized carbons (Fsp3) is 0.538. The lowest BCUT2D eigenvalue weighted by molar-refractivity contribution is -0.384. The molecule has 0 N–H and O–H groups in total. The summed E-state index contributed by atoms with van der Waals surface area (Å²) in [6.07, 6.45) is 4.51. The van der Waals surface area contributed by atoms with Crippen LogP contribution in [-0.4, -0.2) is 17.1 Å². The molecular formula is C13H15NO4. The maximum atomic E-state index is 10.6. The van der Waals surface area contributed by atoms with Crippen molar-refractivity contribution in [2.75, 3.05) is 0 Å². The van der Waals surface area contributed by atoms with E-state index < -0.39 is 4.92 Å². The van der Waals surface area contributed by atoms with Crippen LogP contribution in [0.2, 0.25) is 0 Å². The predicted molar refractivity (Wildman–Crippen MR) is 64.1 cm³/mol. The van der Waals surface area contributed by atoms with Crippen molar-refractivity contribution in [2.24, 2.45) is 0 Å². The van der Waals surface area contributed by atoms with E-state index in [0.29, 0.717) is 0 Å². The molecule has 1 heterocycles. The zero-order valence-corrected chi connectivity index (χ0v) is 9.95. The van der Waals surface area contributed by atoms with Gasteiger partial charge in [-0.3, -0.25) is 10.1 Å². The highest BCUT2D eigenvalue weighted by Crippen LogP contribution is 2.38. The second-order valence-electron chi connectivity index (χ2n) is 4.81. The number of nitro benzene ring substituents is 1. The number of rotatable bonds is 2. The van der Waals surface area contributed by atoms with E-state index in [1.165, 1.54) is 25.0 Å². The molecule has 3 rings (SSSR count). The van der Waals surface area contributed by atoms with Gasteiger partial charge < -0.3 is 9.47 Å². The van der Waals surface area contributed by atoms with Crippen molar-refractivity contribution in [1.82, 2.24) is 0 Å². The Balaban J connectivity index is 1.73. The summed E-state index contributed by atoms with van der Waals surface area (Å²) in [4.78, 5) is 10.2. The molecule has 18 heavy (non-hydrogen) atoms. The number of benzene rings is 1. The molecule has 1 saturated heterocycles. The van der Waals surface area contributed by atoms with Crippen molar-refractivity contribution >= 4 is 5.69 Å². The summed E-state index contributed by atoms with van der Waals surface area (Å²) in [5.74, 6) is 0. The molecule has 0 radical (unpaired) electrons. The van der Waals surface area contributed by atoms with Gasteiger partial charge in [-0.1, -0.05) is 12.8 Å². The quantitative estimate of drug-likeness (QED) is 0.597. The van der Waals surface area contributed by atoms with Crippen LogP contribution in [0.5, 0.6) is 0 Å². The molecule has 1 saturated carbocycles. The summed E-state index contributed by atoms with van der Waals surface area (Å²) in [6.45, 7) is 0. The van der Waals surface area contributed by atoms with Gasteiger partial charge in [-0.25, -0.2) is 0 Å². The Morgan fingerprint density at radius 3 is 2.11 bits per heavy atom. The topological polar surface area (TPSA) is 61.6 Å². The summed E-state index contributed by atoms with van der Waals surface area (Å²) < 4.78 is 11.7. The molecular weight excluding hydrogens is 234 g/mol. The first kappa shape index (κ1) is 11.6. The Bertz CT molecular complexity index is 431. The van der Waals surface area contributed by atoms with Crippen molar-refractivity contribution in [3.05, 3.63) is 39.9 Å². The smallest absolute Gasteiger partial charge is 0.269 e. The van der Waals surface area contributed by atoms with Crippen LogP contribution in [0.25, 0.3) is 0 Å². The van der Waals surface area contributed by atoms with E-state index in [2.05, 4.69) is 0 Å². The highest BCUT2D eigenvalue weighted by atomic mass is 16.7. The van der Waals surface area contributed by atoms with Crippen molar-refractivity contribution in [2.45, 2.75) is 44.2 Å². The van der Waals surface area contributed by atoms with Gasteiger partial charge in [0, 0.05) is 17.7 Å². The highest BCUT2D eigenvalue weighted by molar-refractivity contribution is 5.33. The molecule has 1 aromatic carbocycles. The van der Waals surface area contributed by atoms with Crippen LogP contribution in [0.4, 0.5) is 5.69 Å². The van der Waals surface area contributed by atoms with Gasteiger partial charge in [0.15, 0.2) is 6.29 Å². The minimum Gasteiger partial charge on any atom is -0.342 e. The van der Waals surface area contributed by atoms with E-state index in [1.54, 1.807) is 12.1 Å². The summed E-state index contributed by atoms with van der Waals surface area (Å²) in [6, 6.07) is 6.40. The zero-order chi connectivity index (χ0) is 12.5. The van der Waals surface area contributed by atoms with Crippen molar-refractivity contribution < 1.29 is 14.4 Å². The van der Waals surface area contributed by atoms with Crippen LogP contribution in [-0.2, 0) is 9.47 Å². The summed E-state index contributed by atoms with van der Waals surface area (Å²) in [7, 11) is 0. The third kappa shape index (κ3) is 2.11. The molecule has 2 atom stereocenters. The SMILES string of the molecule is O=[N+]([O-])c1ccc(C2O[C@@H]3CCCC[C@H]3O2)cc1.